The SMILES string of the molecule is CC(C)Oc1ncccc1NC1CCC(NC(=O)OC(C)(C)C)CC1. The van der Waals surface area contributed by atoms with Crippen molar-refractivity contribution in [2.24, 2.45) is 0 Å². The zero-order valence-corrected chi connectivity index (χ0v) is 16.0. The number of aromatic nitrogens is 1. The minimum atomic E-state index is -0.462. The normalized spacial score (nSPS) is 20.9. The lowest BCUT2D eigenvalue weighted by Crippen LogP contribution is -2.42. The maximum atomic E-state index is 11.9. The fourth-order valence-electron chi connectivity index (χ4n) is 2.89. The Labute approximate surface area is 150 Å². The van der Waals surface area contributed by atoms with Crippen LogP contribution in [-0.4, -0.2) is 34.9 Å². The van der Waals surface area contributed by atoms with Crippen molar-refractivity contribution in [3.8, 4) is 5.88 Å². The number of anilines is 1. The van der Waals surface area contributed by atoms with Crippen LogP contribution in [0.4, 0.5) is 10.5 Å². The Bertz CT molecular complexity index is 561. The first-order valence-corrected chi connectivity index (χ1v) is 9.10. The molecule has 1 amide bonds. The smallest absolute Gasteiger partial charge is 0.407 e. The van der Waals surface area contributed by atoms with Crippen LogP contribution in [0.25, 0.3) is 0 Å². The van der Waals surface area contributed by atoms with Crippen LogP contribution in [0, 0.1) is 0 Å². The minimum Gasteiger partial charge on any atom is -0.473 e. The Kier molecular flexibility index (Phi) is 6.51. The van der Waals surface area contributed by atoms with Gasteiger partial charge in [-0.05, 0) is 72.4 Å². The standard InChI is InChI=1S/C19H31N3O3/c1-13(2)24-17-16(7-6-12-20-17)21-14-8-10-15(11-9-14)22-18(23)25-19(3,4)5/h6-7,12-15,21H,8-11H2,1-5H3,(H,22,23). The second-order valence-electron chi connectivity index (χ2n) is 7.86. The summed E-state index contributed by atoms with van der Waals surface area (Å²) in [4.78, 5) is 16.2. The summed E-state index contributed by atoms with van der Waals surface area (Å²) in [7, 11) is 0. The molecule has 0 atom stereocenters. The number of ether oxygens (including phenoxy) is 2. The molecule has 0 saturated heterocycles. The predicted molar refractivity (Wildman–Crippen MR) is 99.0 cm³/mol. The molecule has 0 radical (unpaired) electrons. The highest BCUT2D eigenvalue weighted by Crippen LogP contribution is 2.27. The molecule has 1 saturated carbocycles. The number of hydrogen-bond donors (Lipinski definition) is 2. The van der Waals surface area contributed by atoms with E-state index >= 15 is 0 Å². The average Bonchev–Trinajstić information content (AvgIpc) is 2.49. The van der Waals surface area contributed by atoms with Crippen LogP contribution in [-0.2, 0) is 4.74 Å². The van der Waals surface area contributed by atoms with E-state index in [1.54, 1.807) is 6.20 Å². The molecule has 0 aromatic carbocycles. The molecule has 6 heteroatoms. The zero-order chi connectivity index (χ0) is 18.4. The van der Waals surface area contributed by atoms with Gasteiger partial charge in [-0.3, -0.25) is 0 Å². The van der Waals surface area contributed by atoms with Gasteiger partial charge in [0, 0.05) is 18.3 Å². The summed E-state index contributed by atoms with van der Waals surface area (Å²) in [5.41, 5.74) is 0.468. The Morgan fingerprint density at radius 2 is 1.84 bits per heavy atom. The van der Waals surface area contributed by atoms with Crippen LogP contribution < -0.4 is 15.4 Å². The van der Waals surface area contributed by atoms with E-state index in [0.29, 0.717) is 11.9 Å². The molecule has 6 nitrogen and oxygen atoms in total. The first-order chi connectivity index (χ1) is 11.7. The zero-order valence-electron chi connectivity index (χ0n) is 16.0. The molecule has 1 aliphatic rings. The second-order valence-corrected chi connectivity index (χ2v) is 7.86. The number of carbonyl (C=O) groups is 1. The second kappa shape index (κ2) is 8.41. The van der Waals surface area contributed by atoms with Gasteiger partial charge in [0.2, 0.25) is 5.88 Å². The van der Waals surface area contributed by atoms with Crippen molar-refractivity contribution < 1.29 is 14.3 Å². The number of nitrogens with one attached hydrogen (secondary N) is 2. The van der Waals surface area contributed by atoms with Crippen molar-refractivity contribution in [2.45, 2.75) is 84.1 Å². The Morgan fingerprint density at radius 1 is 1.20 bits per heavy atom. The third-order valence-electron chi connectivity index (χ3n) is 3.93. The van der Waals surface area contributed by atoms with Gasteiger partial charge in [0.15, 0.2) is 0 Å². The number of alkyl carbamates (subject to hydrolysis) is 1. The summed E-state index contributed by atoms with van der Waals surface area (Å²) in [6, 6.07) is 4.43. The molecule has 0 bridgehead atoms. The van der Waals surface area contributed by atoms with E-state index in [0.717, 1.165) is 31.4 Å². The van der Waals surface area contributed by atoms with E-state index in [1.807, 2.05) is 46.8 Å². The highest BCUT2D eigenvalue weighted by molar-refractivity contribution is 5.68. The monoisotopic (exact) mass is 349 g/mol. The lowest BCUT2D eigenvalue weighted by Gasteiger charge is -2.31. The summed E-state index contributed by atoms with van der Waals surface area (Å²) < 4.78 is 11.1. The molecule has 1 aromatic rings. The lowest BCUT2D eigenvalue weighted by molar-refractivity contribution is 0.0492. The van der Waals surface area contributed by atoms with E-state index in [-0.39, 0.29) is 18.2 Å². The number of amides is 1. The van der Waals surface area contributed by atoms with E-state index in [9.17, 15) is 4.79 Å². The molecule has 1 fully saturated rings. The first kappa shape index (κ1) is 19.3. The van der Waals surface area contributed by atoms with E-state index in [2.05, 4.69) is 15.6 Å². The van der Waals surface area contributed by atoms with Crippen molar-refractivity contribution >= 4 is 11.8 Å². The van der Waals surface area contributed by atoms with Gasteiger partial charge in [0.05, 0.1) is 11.8 Å². The maximum Gasteiger partial charge on any atom is 0.407 e. The molecule has 1 aliphatic carbocycles. The van der Waals surface area contributed by atoms with Gasteiger partial charge in [-0.15, -0.1) is 0 Å². The van der Waals surface area contributed by atoms with Crippen molar-refractivity contribution in [1.82, 2.24) is 10.3 Å². The van der Waals surface area contributed by atoms with Crippen LogP contribution in [0.2, 0.25) is 0 Å². The molecular formula is C19H31N3O3. The molecule has 2 N–H and O–H groups in total. The van der Waals surface area contributed by atoms with E-state index in [1.165, 1.54) is 0 Å². The quantitative estimate of drug-likeness (QED) is 0.837. The summed E-state index contributed by atoms with van der Waals surface area (Å²) in [6.45, 7) is 9.60. The van der Waals surface area contributed by atoms with E-state index < -0.39 is 5.60 Å². The van der Waals surface area contributed by atoms with Gasteiger partial charge >= 0.3 is 6.09 Å². The third kappa shape index (κ3) is 6.80. The molecular weight excluding hydrogens is 318 g/mol. The molecule has 2 rings (SSSR count). The van der Waals surface area contributed by atoms with Crippen LogP contribution in [0.15, 0.2) is 18.3 Å². The average molecular weight is 349 g/mol. The molecule has 0 unspecified atom stereocenters. The molecule has 0 aliphatic heterocycles. The number of nitrogens with zero attached hydrogens (tertiary/aromatic N) is 1. The lowest BCUT2D eigenvalue weighted by atomic mass is 9.91. The van der Waals surface area contributed by atoms with Crippen LogP contribution >= 0.6 is 0 Å². The topological polar surface area (TPSA) is 72.5 Å². The highest BCUT2D eigenvalue weighted by Gasteiger charge is 2.25. The maximum absolute atomic E-state index is 11.9. The molecule has 1 aromatic heterocycles. The summed E-state index contributed by atoms with van der Waals surface area (Å²) in [6.07, 6.45) is 5.32. The van der Waals surface area contributed by atoms with Gasteiger partial charge in [0.1, 0.15) is 5.60 Å². The third-order valence-corrected chi connectivity index (χ3v) is 3.93. The van der Waals surface area contributed by atoms with Crippen molar-refractivity contribution in [1.29, 1.82) is 0 Å². The molecule has 0 spiro atoms. The molecule has 25 heavy (non-hydrogen) atoms. The van der Waals surface area contributed by atoms with Gasteiger partial charge in [-0.2, -0.15) is 0 Å². The first-order valence-electron chi connectivity index (χ1n) is 9.10. The number of carbonyl (C=O) groups excluding carboxylic acids is 1. The highest BCUT2D eigenvalue weighted by atomic mass is 16.6. The molecule has 140 valence electrons. The number of pyridine rings is 1. The predicted octanol–water partition coefficient (Wildman–Crippen LogP) is 4.12. The van der Waals surface area contributed by atoms with Crippen LogP contribution in [0.3, 0.4) is 0 Å². The van der Waals surface area contributed by atoms with Crippen molar-refractivity contribution in [3.05, 3.63) is 18.3 Å². The fourth-order valence-corrected chi connectivity index (χ4v) is 2.89. The van der Waals surface area contributed by atoms with Crippen LogP contribution in [0.1, 0.15) is 60.3 Å². The Morgan fingerprint density at radius 3 is 2.44 bits per heavy atom. The van der Waals surface area contributed by atoms with Crippen LogP contribution in [0.5, 0.6) is 5.88 Å². The molecule has 1 heterocycles. The van der Waals surface area contributed by atoms with Crippen molar-refractivity contribution in [2.75, 3.05) is 5.32 Å². The van der Waals surface area contributed by atoms with Gasteiger partial charge < -0.3 is 20.1 Å². The summed E-state index contributed by atoms with van der Waals surface area (Å²) in [5.74, 6) is 0.645. The van der Waals surface area contributed by atoms with E-state index in [4.69, 9.17) is 9.47 Å². The number of rotatable bonds is 5. The fraction of sp³-hybridized carbons (Fsp3) is 0.684. The van der Waals surface area contributed by atoms with Gasteiger partial charge in [0.25, 0.3) is 0 Å². The summed E-state index contributed by atoms with van der Waals surface area (Å²) >= 11 is 0. The largest absolute Gasteiger partial charge is 0.473 e. The Balaban J connectivity index is 1.82. The minimum absolute atomic E-state index is 0.0872. The number of hydrogen-bond acceptors (Lipinski definition) is 5. The van der Waals surface area contributed by atoms with Gasteiger partial charge in [-0.1, -0.05) is 0 Å². The van der Waals surface area contributed by atoms with Crippen molar-refractivity contribution in [3.63, 3.8) is 0 Å². The van der Waals surface area contributed by atoms with Gasteiger partial charge in [-0.25, -0.2) is 9.78 Å². The Hall–Kier alpha value is -1.98. The summed E-state index contributed by atoms with van der Waals surface area (Å²) in [5, 5.41) is 6.51.